The van der Waals surface area contributed by atoms with E-state index in [-0.39, 0.29) is 12.8 Å². The molecule has 0 bridgehead atoms. The van der Waals surface area contributed by atoms with Crippen LogP contribution in [0.25, 0.3) is 0 Å². The predicted octanol–water partition coefficient (Wildman–Crippen LogP) is 2.18. The molecule has 104 valence electrons. The van der Waals surface area contributed by atoms with Gasteiger partial charge in [-0.15, -0.1) is 0 Å². The summed E-state index contributed by atoms with van der Waals surface area (Å²) in [5, 5.41) is 13.6. The Morgan fingerprint density at radius 1 is 1.39 bits per heavy atom. The van der Waals surface area contributed by atoms with Gasteiger partial charge < -0.3 is 5.11 Å². The van der Waals surface area contributed by atoms with Gasteiger partial charge in [-0.25, -0.2) is 9.67 Å². The van der Waals surface area contributed by atoms with Crippen molar-refractivity contribution in [2.24, 2.45) is 5.92 Å². The van der Waals surface area contributed by atoms with Crippen LogP contribution >= 0.6 is 0 Å². The van der Waals surface area contributed by atoms with Crippen molar-refractivity contribution in [1.82, 2.24) is 14.8 Å². The van der Waals surface area contributed by atoms with Gasteiger partial charge in [0.15, 0.2) is 0 Å². The van der Waals surface area contributed by atoms with E-state index in [2.05, 4.69) is 10.1 Å². The molecule has 0 aliphatic rings. The molecule has 7 heteroatoms. The highest BCUT2D eigenvalue weighted by Gasteiger charge is 2.28. The normalized spacial score (nSPS) is 14.2. The van der Waals surface area contributed by atoms with E-state index in [9.17, 15) is 18.3 Å². The Morgan fingerprint density at radius 2 is 2.06 bits per heavy atom. The quantitative estimate of drug-likeness (QED) is 0.857. The Hall–Kier alpha value is -1.11. The molecular formula is C11H18F3N3O. The molecule has 0 spiro atoms. The van der Waals surface area contributed by atoms with Crippen molar-refractivity contribution < 1.29 is 18.3 Å². The Bertz CT molecular complexity index is 363. The maximum atomic E-state index is 12.0. The lowest BCUT2D eigenvalue weighted by molar-refractivity contribution is -0.139. The molecule has 1 atom stereocenters. The molecule has 0 amide bonds. The van der Waals surface area contributed by atoms with Gasteiger partial charge in [-0.2, -0.15) is 18.3 Å². The lowest BCUT2D eigenvalue weighted by atomic mass is 10.1. The van der Waals surface area contributed by atoms with Crippen LogP contribution in [-0.4, -0.2) is 32.2 Å². The van der Waals surface area contributed by atoms with E-state index in [1.165, 1.54) is 6.33 Å². The van der Waals surface area contributed by atoms with Gasteiger partial charge >= 0.3 is 6.18 Å². The third kappa shape index (κ3) is 5.48. The van der Waals surface area contributed by atoms with Crippen molar-refractivity contribution in [2.75, 3.05) is 0 Å². The van der Waals surface area contributed by atoms with Gasteiger partial charge in [-0.1, -0.05) is 13.8 Å². The first-order valence-corrected chi connectivity index (χ1v) is 5.89. The van der Waals surface area contributed by atoms with E-state index in [1.807, 2.05) is 13.8 Å². The third-order valence-corrected chi connectivity index (χ3v) is 2.41. The number of hydrogen-bond acceptors (Lipinski definition) is 3. The van der Waals surface area contributed by atoms with Crippen molar-refractivity contribution in [2.45, 2.75) is 51.9 Å². The van der Waals surface area contributed by atoms with E-state index >= 15 is 0 Å². The molecule has 0 aromatic carbocycles. The average Bonchev–Trinajstić information content (AvgIpc) is 2.61. The highest BCUT2D eigenvalue weighted by atomic mass is 19.4. The van der Waals surface area contributed by atoms with Crippen LogP contribution in [0.5, 0.6) is 0 Å². The van der Waals surface area contributed by atoms with Crippen molar-refractivity contribution in [3.63, 3.8) is 0 Å². The fraction of sp³-hybridized carbons (Fsp3) is 0.818. The maximum absolute atomic E-state index is 12.0. The molecule has 1 unspecified atom stereocenters. The first-order chi connectivity index (χ1) is 8.28. The predicted molar refractivity (Wildman–Crippen MR) is 59.9 cm³/mol. The molecule has 0 aliphatic heterocycles. The van der Waals surface area contributed by atoms with E-state index in [1.54, 1.807) is 4.68 Å². The van der Waals surface area contributed by atoms with Gasteiger partial charge in [0.05, 0.1) is 6.10 Å². The van der Waals surface area contributed by atoms with Crippen LogP contribution < -0.4 is 0 Å². The van der Waals surface area contributed by atoms with Crippen molar-refractivity contribution in [1.29, 1.82) is 0 Å². The third-order valence-electron chi connectivity index (χ3n) is 2.41. The summed E-state index contributed by atoms with van der Waals surface area (Å²) in [6, 6.07) is 0. The monoisotopic (exact) mass is 265 g/mol. The highest BCUT2D eigenvalue weighted by Crippen LogP contribution is 2.22. The molecule has 1 aromatic heterocycles. The molecule has 0 saturated heterocycles. The fourth-order valence-corrected chi connectivity index (χ4v) is 1.59. The molecule has 4 nitrogen and oxygen atoms in total. The van der Waals surface area contributed by atoms with Crippen LogP contribution in [0.2, 0.25) is 0 Å². The van der Waals surface area contributed by atoms with Gasteiger partial charge in [0.1, 0.15) is 12.2 Å². The van der Waals surface area contributed by atoms with Crippen LogP contribution in [0.4, 0.5) is 13.2 Å². The van der Waals surface area contributed by atoms with E-state index < -0.39 is 18.7 Å². The Labute approximate surface area is 104 Å². The van der Waals surface area contributed by atoms with Crippen LogP contribution in [-0.2, 0) is 13.0 Å². The van der Waals surface area contributed by atoms with Crippen LogP contribution in [0.3, 0.4) is 0 Å². The van der Waals surface area contributed by atoms with Gasteiger partial charge in [0.2, 0.25) is 0 Å². The summed E-state index contributed by atoms with van der Waals surface area (Å²) in [7, 11) is 0. The van der Waals surface area contributed by atoms with Crippen molar-refractivity contribution in [3.8, 4) is 0 Å². The molecule has 1 N–H and O–H groups in total. The summed E-state index contributed by atoms with van der Waals surface area (Å²) in [6.07, 6.45) is -5.10. The zero-order chi connectivity index (χ0) is 13.8. The Kier molecular flexibility index (Phi) is 5.13. The molecule has 0 aliphatic carbocycles. The zero-order valence-electron chi connectivity index (χ0n) is 10.5. The molecule has 1 heterocycles. The maximum Gasteiger partial charge on any atom is 0.389 e. The van der Waals surface area contributed by atoms with Gasteiger partial charge in [-0.3, -0.25) is 0 Å². The Morgan fingerprint density at radius 3 is 2.61 bits per heavy atom. The lowest BCUT2D eigenvalue weighted by Gasteiger charge is -2.13. The number of nitrogens with zero attached hydrogens (tertiary/aromatic N) is 3. The van der Waals surface area contributed by atoms with Crippen LogP contribution in [0, 0.1) is 5.92 Å². The summed E-state index contributed by atoms with van der Waals surface area (Å²) >= 11 is 0. The van der Waals surface area contributed by atoms with Gasteiger partial charge in [0.25, 0.3) is 0 Å². The molecule has 0 radical (unpaired) electrons. The van der Waals surface area contributed by atoms with E-state index in [0.29, 0.717) is 18.3 Å². The van der Waals surface area contributed by atoms with Gasteiger partial charge in [-0.05, 0) is 12.3 Å². The molecule has 1 rings (SSSR count). The van der Waals surface area contributed by atoms with E-state index in [4.69, 9.17) is 0 Å². The molecule has 0 saturated carbocycles. The number of halogens is 3. The minimum absolute atomic E-state index is 0.100. The number of aromatic nitrogens is 3. The number of hydrogen-bond donors (Lipinski definition) is 1. The largest absolute Gasteiger partial charge is 0.393 e. The van der Waals surface area contributed by atoms with Gasteiger partial charge in [0, 0.05) is 19.4 Å². The summed E-state index contributed by atoms with van der Waals surface area (Å²) in [6.45, 7) is 4.65. The SMILES string of the molecule is CC(C)Cn1ncnc1CC(O)CCC(F)(F)F. The van der Waals surface area contributed by atoms with E-state index in [0.717, 1.165) is 0 Å². The molecule has 1 aromatic rings. The second kappa shape index (κ2) is 6.17. The minimum Gasteiger partial charge on any atom is -0.393 e. The van der Waals surface area contributed by atoms with Crippen molar-refractivity contribution >= 4 is 0 Å². The van der Waals surface area contributed by atoms with Crippen LogP contribution in [0.1, 0.15) is 32.5 Å². The standard InChI is InChI=1S/C11H18F3N3O/c1-8(2)6-17-10(15-7-16-17)5-9(18)3-4-11(12,13)14/h7-9,18H,3-6H2,1-2H3. The second-order valence-electron chi connectivity index (χ2n) is 4.76. The summed E-state index contributed by atoms with van der Waals surface area (Å²) < 4.78 is 37.6. The number of aliphatic hydroxyl groups is 1. The molecule has 0 fully saturated rings. The fourth-order valence-electron chi connectivity index (χ4n) is 1.59. The summed E-state index contributed by atoms with van der Waals surface area (Å²) in [5.41, 5.74) is 0. The number of alkyl halides is 3. The second-order valence-corrected chi connectivity index (χ2v) is 4.76. The topological polar surface area (TPSA) is 50.9 Å². The zero-order valence-corrected chi connectivity index (χ0v) is 10.5. The molecule has 18 heavy (non-hydrogen) atoms. The van der Waals surface area contributed by atoms with Crippen LogP contribution in [0.15, 0.2) is 6.33 Å². The number of aliphatic hydroxyl groups excluding tert-OH is 1. The first-order valence-electron chi connectivity index (χ1n) is 5.89. The minimum atomic E-state index is -4.23. The smallest absolute Gasteiger partial charge is 0.389 e. The summed E-state index contributed by atoms with van der Waals surface area (Å²) in [5.74, 6) is 0.885. The summed E-state index contributed by atoms with van der Waals surface area (Å²) in [4.78, 5) is 3.96. The lowest BCUT2D eigenvalue weighted by Crippen LogP contribution is -2.19. The molecular weight excluding hydrogens is 247 g/mol. The average molecular weight is 265 g/mol. The first kappa shape index (κ1) is 14.9. The van der Waals surface area contributed by atoms with Crippen molar-refractivity contribution in [3.05, 3.63) is 12.2 Å². The number of rotatable bonds is 6. The highest BCUT2D eigenvalue weighted by molar-refractivity contribution is 4.88. The Balaban J connectivity index is 2.49.